The van der Waals surface area contributed by atoms with Crippen LogP contribution < -0.4 is 0 Å². The molecule has 0 heterocycles. The molecule has 0 saturated heterocycles. The Morgan fingerprint density at radius 1 is 1.44 bits per heavy atom. The van der Waals surface area contributed by atoms with E-state index in [1.807, 2.05) is 12.3 Å². The van der Waals surface area contributed by atoms with Gasteiger partial charge in [-0.3, -0.25) is 0 Å². The van der Waals surface area contributed by atoms with E-state index in [9.17, 15) is 0 Å². The summed E-state index contributed by atoms with van der Waals surface area (Å²) in [6.07, 6.45) is 3.26. The Labute approximate surface area is 55.1 Å². The minimum atomic E-state index is 0.534. The maximum atomic E-state index is 8.23. The molecule has 0 amide bonds. The summed E-state index contributed by atoms with van der Waals surface area (Å²) in [4.78, 5) is 1.51. The number of rotatable bonds is 3. The zero-order chi connectivity index (χ0) is 7.11. The summed E-state index contributed by atoms with van der Waals surface area (Å²) in [7, 11) is 1.71. The van der Waals surface area contributed by atoms with Crippen LogP contribution in [0.15, 0.2) is 0 Å². The molecule has 9 heavy (non-hydrogen) atoms. The third-order valence-electron chi connectivity index (χ3n) is 0.953. The highest BCUT2D eigenvalue weighted by atomic mass is 15.1. The molecule has 0 atom stereocenters. The fourth-order valence-electron chi connectivity index (χ4n) is 0.445. The Hall–Kier alpha value is -1.22. The molecule has 0 aromatic rings. The third kappa shape index (κ3) is 4.64. The van der Waals surface area contributed by atoms with Gasteiger partial charge in [0.15, 0.2) is 6.19 Å². The SMILES string of the molecule is CN(C#N)CCCC#N. The maximum Gasteiger partial charge on any atom is 0.179 e. The standard InChI is InChI=1S/C6H9N3/c1-9(6-8)5-3-2-4-7/h2-3,5H2,1H3. The maximum absolute atomic E-state index is 8.23. The highest BCUT2D eigenvalue weighted by Crippen LogP contribution is 1.88. The Morgan fingerprint density at radius 3 is 2.56 bits per heavy atom. The molecule has 0 aliphatic carbocycles. The van der Waals surface area contributed by atoms with Crippen LogP contribution in [-0.2, 0) is 0 Å². The van der Waals surface area contributed by atoms with Crippen molar-refractivity contribution in [3.05, 3.63) is 0 Å². The highest BCUT2D eigenvalue weighted by molar-refractivity contribution is 4.73. The van der Waals surface area contributed by atoms with E-state index in [-0.39, 0.29) is 0 Å². The molecule has 0 rings (SSSR count). The highest BCUT2D eigenvalue weighted by Gasteiger charge is 1.90. The molecule has 0 aromatic heterocycles. The lowest BCUT2D eigenvalue weighted by Crippen LogP contribution is -2.11. The van der Waals surface area contributed by atoms with Crippen LogP contribution in [0.2, 0.25) is 0 Å². The lowest BCUT2D eigenvalue weighted by atomic mass is 10.3. The van der Waals surface area contributed by atoms with Crippen molar-refractivity contribution in [3.63, 3.8) is 0 Å². The van der Waals surface area contributed by atoms with Gasteiger partial charge in [0, 0.05) is 20.0 Å². The largest absolute Gasteiger partial charge is 0.314 e. The second-order valence-corrected chi connectivity index (χ2v) is 1.78. The third-order valence-corrected chi connectivity index (χ3v) is 0.953. The van der Waals surface area contributed by atoms with Crippen LogP contribution in [0.3, 0.4) is 0 Å². The van der Waals surface area contributed by atoms with E-state index in [4.69, 9.17) is 10.5 Å². The fraction of sp³-hybridized carbons (Fsp3) is 0.667. The van der Waals surface area contributed by atoms with Gasteiger partial charge in [0.25, 0.3) is 0 Å². The first-order valence-electron chi connectivity index (χ1n) is 2.79. The minimum absolute atomic E-state index is 0.534. The van der Waals surface area contributed by atoms with E-state index in [0.29, 0.717) is 13.0 Å². The number of unbranched alkanes of at least 4 members (excludes halogenated alkanes) is 1. The molecule has 0 saturated carbocycles. The van der Waals surface area contributed by atoms with Crippen molar-refractivity contribution in [2.45, 2.75) is 12.8 Å². The normalized spacial score (nSPS) is 7.44. The molecule has 0 radical (unpaired) electrons. The van der Waals surface area contributed by atoms with E-state index < -0.39 is 0 Å². The monoisotopic (exact) mass is 123 g/mol. The number of hydrogen-bond acceptors (Lipinski definition) is 3. The zero-order valence-corrected chi connectivity index (χ0v) is 5.46. The van der Waals surface area contributed by atoms with Gasteiger partial charge in [-0.2, -0.15) is 10.5 Å². The number of hydrogen-bond donors (Lipinski definition) is 0. The van der Waals surface area contributed by atoms with Crippen molar-refractivity contribution >= 4 is 0 Å². The molecule has 3 heteroatoms. The average Bonchev–Trinajstić information content (AvgIpc) is 1.89. The predicted octanol–water partition coefficient (Wildman–Crippen LogP) is 0.703. The van der Waals surface area contributed by atoms with Gasteiger partial charge in [-0.25, -0.2) is 0 Å². The fourth-order valence-corrected chi connectivity index (χ4v) is 0.445. The molecule has 0 N–H and O–H groups in total. The zero-order valence-electron chi connectivity index (χ0n) is 5.46. The van der Waals surface area contributed by atoms with Crippen LogP contribution in [0.1, 0.15) is 12.8 Å². The Balaban J connectivity index is 3.12. The van der Waals surface area contributed by atoms with Crippen LogP contribution in [0.4, 0.5) is 0 Å². The second-order valence-electron chi connectivity index (χ2n) is 1.78. The van der Waals surface area contributed by atoms with E-state index in [0.717, 1.165) is 6.42 Å². The number of nitrogens with zero attached hydrogens (tertiary/aromatic N) is 3. The molecular weight excluding hydrogens is 114 g/mol. The summed E-state index contributed by atoms with van der Waals surface area (Å²) in [6.45, 7) is 0.685. The quantitative estimate of drug-likeness (QED) is 0.315. The van der Waals surface area contributed by atoms with Gasteiger partial charge in [0.2, 0.25) is 0 Å². The van der Waals surface area contributed by atoms with Crippen LogP contribution in [0, 0.1) is 22.8 Å². The summed E-state index contributed by atoms with van der Waals surface area (Å²) < 4.78 is 0. The van der Waals surface area contributed by atoms with Crippen molar-refractivity contribution in [1.29, 1.82) is 10.5 Å². The topological polar surface area (TPSA) is 50.8 Å². The molecule has 0 aliphatic rings. The molecule has 0 fully saturated rings. The van der Waals surface area contributed by atoms with Gasteiger partial charge in [-0.05, 0) is 6.42 Å². The minimum Gasteiger partial charge on any atom is -0.314 e. The van der Waals surface area contributed by atoms with Crippen molar-refractivity contribution in [2.24, 2.45) is 0 Å². The van der Waals surface area contributed by atoms with Crippen molar-refractivity contribution in [3.8, 4) is 12.3 Å². The van der Waals surface area contributed by atoms with Gasteiger partial charge in [-0.15, -0.1) is 0 Å². The molecular formula is C6H9N3. The van der Waals surface area contributed by atoms with Crippen LogP contribution in [0.5, 0.6) is 0 Å². The van der Waals surface area contributed by atoms with Gasteiger partial charge in [0.05, 0.1) is 6.07 Å². The van der Waals surface area contributed by atoms with Gasteiger partial charge < -0.3 is 4.90 Å². The van der Waals surface area contributed by atoms with Crippen LogP contribution in [-0.4, -0.2) is 18.5 Å². The molecule has 0 bridgehead atoms. The lowest BCUT2D eigenvalue weighted by molar-refractivity contribution is 0.464. The Morgan fingerprint density at radius 2 is 2.11 bits per heavy atom. The first kappa shape index (κ1) is 7.78. The molecule has 0 aliphatic heterocycles. The molecule has 48 valence electrons. The van der Waals surface area contributed by atoms with Crippen molar-refractivity contribution < 1.29 is 0 Å². The van der Waals surface area contributed by atoms with Gasteiger partial charge >= 0.3 is 0 Å². The molecule has 0 spiro atoms. The van der Waals surface area contributed by atoms with E-state index >= 15 is 0 Å². The second kappa shape index (κ2) is 4.93. The smallest absolute Gasteiger partial charge is 0.179 e. The first-order valence-corrected chi connectivity index (χ1v) is 2.79. The Kier molecular flexibility index (Phi) is 4.26. The lowest BCUT2D eigenvalue weighted by Gasteiger charge is -2.04. The summed E-state index contributed by atoms with van der Waals surface area (Å²) in [6, 6.07) is 2.01. The number of nitriles is 2. The molecule has 3 nitrogen and oxygen atoms in total. The summed E-state index contributed by atoms with van der Waals surface area (Å²) in [5, 5.41) is 16.3. The summed E-state index contributed by atoms with van der Waals surface area (Å²) in [5.41, 5.74) is 0. The van der Waals surface area contributed by atoms with E-state index in [2.05, 4.69) is 0 Å². The first-order chi connectivity index (χ1) is 4.31. The average molecular weight is 123 g/mol. The molecule has 0 aromatic carbocycles. The van der Waals surface area contributed by atoms with Crippen LogP contribution in [0.25, 0.3) is 0 Å². The Bertz CT molecular complexity index is 139. The predicted molar refractivity (Wildman–Crippen MR) is 33.1 cm³/mol. The van der Waals surface area contributed by atoms with Crippen LogP contribution >= 0.6 is 0 Å². The van der Waals surface area contributed by atoms with E-state index in [1.54, 1.807) is 7.05 Å². The van der Waals surface area contributed by atoms with Crippen molar-refractivity contribution in [2.75, 3.05) is 13.6 Å². The summed E-state index contributed by atoms with van der Waals surface area (Å²) in [5.74, 6) is 0. The van der Waals surface area contributed by atoms with E-state index in [1.165, 1.54) is 4.90 Å². The van der Waals surface area contributed by atoms with Gasteiger partial charge in [0.1, 0.15) is 0 Å². The van der Waals surface area contributed by atoms with Crippen molar-refractivity contribution in [1.82, 2.24) is 4.90 Å². The molecule has 0 unspecified atom stereocenters. The summed E-state index contributed by atoms with van der Waals surface area (Å²) >= 11 is 0. The van der Waals surface area contributed by atoms with Gasteiger partial charge in [-0.1, -0.05) is 0 Å².